The minimum absolute atomic E-state index is 0.0282. The molecule has 0 aliphatic carbocycles. The van der Waals surface area contributed by atoms with Crippen LogP contribution in [0.15, 0.2) is 48.5 Å². The zero-order valence-electron chi connectivity index (χ0n) is 19.0. The number of amides is 1. The summed E-state index contributed by atoms with van der Waals surface area (Å²) in [6.07, 6.45) is 2.48. The van der Waals surface area contributed by atoms with Gasteiger partial charge < -0.3 is 15.0 Å². The number of piperazine rings is 1. The van der Waals surface area contributed by atoms with E-state index in [1.165, 1.54) is 25.6 Å². The molecule has 33 heavy (non-hydrogen) atoms. The fourth-order valence-corrected chi connectivity index (χ4v) is 4.69. The fraction of sp³-hybridized carbons (Fsp3) is 0.440. The quantitative estimate of drug-likeness (QED) is 0.625. The Hall–Kier alpha value is -2.61. The smallest absolute Gasteiger partial charge is 0.327 e. The molecule has 8 heteroatoms. The van der Waals surface area contributed by atoms with Gasteiger partial charge in [0.2, 0.25) is 5.91 Å². The first-order chi connectivity index (χ1) is 16.0. The molecule has 1 atom stereocenters. The molecule has 2 aromatic carbocycles. The van der Waals surface area contributed by atoms with Crippen LogP contribution >= 0.6 is 11.6 Å². The van der Waals surface area contributed by atoms with Gasteiger partial charge in [-0.3, -0.25) is 14.6 Å². The van der Waals surface area contributed by atoms with Crippen molar-refractivity contribution in [1.82, 2.24) is 9.80 Å². The number of carbonyl (C=O) groups excluding carboxylic acids is 2. The molecule has 0 spiro atoms. The topological polar surface area (TPSA) is 65.1 Å². The molecule has 0 bridgehead atoms. The van der Waals surface area contributed by atoms with Gasteiger partial charge in [-0.15, -0.1) is 0 Å². The van der Waals surface area contributed by atoms with Crippen molar-refractivity contribution in [3.8, 4) is 0 Å². The lowest BCUT2D eigenvalue weighted by atomic mass is 10.0. The van der Waals surface area contributed by atoms with E-state index in [4.69, 9.17) is 16.3 Å². The molecule has 0 saturated carbocycles. The Bertz CT molecular complexity index is 937. The van der Waals surface area contributed by atoms with Crippen LogP contribution in [0.2, 0.25) is 5.02 Å². The van der Waals surface area contributed by atoms with Crippen LogP contribution in [0.3, 0.4) is 0 Å². The molecule has 1 amide bonds. The van der Waals surface area contributed by atoms with Crippen LogP contribution in [0.1, 0.15) is 24.4 Å². The SMILES string of the molecule is COC(=O)C(c1ccc(Cl)cc1)N1CCN(CC(=O)Nc2ccc(N3CCCC3)cc2)CC1. The van der Waals surface area contributed by atoms with E-state index in [1.54, 1.807) is 12.1 Å². The summed E-state index contributed by atoms with van der Waals surface area (Å²) in [5, 5.41) is 3.63. The predicted octanol–water partition coefficient (Wildman–Crippen LogP) is 3.41. The zero-order chi connectivity index (χ0) is 23.2. The Morgan fingerprint density at radius 2 is 1.58 bits per heavy atom. The molecule has 1 N–H and O–H groups in total. The maximum atomic E-state index is 12.6. The summed E-state index contributed by atoms with van der Waals surface area (Å²) in [5.41, 5.74) is 2.88. The largest absolute Gasteiger partial charge is 0.468 e. The van der Waals surface area contributed by atoms with Crippen LogP contribution in [-0.4, -0.2) is 74.6 Å². The van der Waals surface area contributed by atoms with Gasteiger partial charge in [0.1, 0.15) is 6.04 Å². The zero-order valence-corrected chi connectivity index (χ0v) is 19.8. The highest BCUT2D eigenvalue weighted by molar-refractivity contribution is 6.30. The van der Waals surface area contributed by atoms with Crippen LogP contribution in [0.25, 0.3) is 0 Å². The van der Waals surface area contributed by atoms with Crippen LogP contribution in [0, 0.1) is 0 Å². The van der Waals surface area contributed by atoms with Crippen molar-refractivity contribution in [2.75, 3.05) is 63.1 Å². The average Bonchev–Trinajstić information content (AvgIpc) is 3.37. The summed E-state index contributed by atoms with van der Waals surface area (Å²) in [6, 6.07) is 14.9. The number of carbonyl (C=O) groups is 2. The molecule has 2 fully saturated rings. The number of methoxy groups -OCH3 is 1. The Morgan fingerprint density at radius 3 is 2.18 bits per heavy atom. The highest BCUT2D eigenvalue weighted by Crippen LogP contribution is 2.25. The Balaban J connectivity index is 1.28. The van der Waals surface area contributed by atoms with E-state index in [2.05, 4.69) is 32.1 Å². The molecule has 2 heterocycles. The minimum Gasteiger partial charge on any atom is -0.468 e. The number of benzene rings is 2. The Kier molecular flexibility index (Phi) is 7.85. The normalized spacial score (nSPS) is 18.2. The first kappa shape index (κ1) is 23.5. The molecular weight excluding hydrogens is 440 g/mol. The van der Waals surface area contributed by atoms with Gasteiger partial charge in [0.05, 0.1) is 13.7 Å². The highest BCUT2D eigenvalue weighted by atomic mass is 35.5. The third-order valence-corrected chi connectivity index (χ3v) is 6.62. The molecule has 1 unspecified atom stereocenters. The lowest BCUT2D eigenvalue weighted by molar-refractivity contribution is -0.148. The molecule has 2 saturated heterocycles. The number of rotatable bonds is 7. The second-order valence-corrected chi connectivity index (χ2v) is 9.02. The first-order valence-corrected chi connectivity index (χ1v) is 11.9. The lowest BCUT2D eigenvalue weighted by Gasteiger charge is -2.38. The summed E-state index contributed by atoms with van der Waals surface area (Å²) in [7, 11) is 1.41. The minimum atomic E-state index is -0.475. The Labute approximate surface area is 200 Å². The van der Waals surface area contributed by atoms with Gasteiger partial charge in [0, 0.05) is 55.7 Å². The summed E-state index contributed by atoms with van der Waals surface area (Å²) >= 11 is 6.00. The van der Waals surface area contributed by atoms with Crippen LogP contribution in [0.5, 0.6) is 0 Å². The van der Waals surface area contributed by atoms with Gasteiger partial charge in [-0.1, -0.05) is 23.7 Å². The summed E-state index contributed by atoms with van der Waals surface area (Å²) < 4.78 is 5.05. The van der Waals surface area contributed by atoms with Crippen molar-refractivity contribution in [2.45, 2.75) is 18.9 Å². The van der Waals surface area contributed by atoms with Gasteiger partial charge >= 0.3 is 5.97 Å². The van der Waals surface area contributed by atoms with Crippen LogP contribution in [-0.2, 0) is 14.3 Å². The number of hydrogen-bond acceptors (Lipinski definition) is 6. The van der Waals surface area contributed by atoms with E-state index in [0.29, 0.717) is 37.7 Å². The second kappa shape index (κ2) is 11.0. The van der Waals surface area contributed by atoms with E-state index in [0.717, 1.165) is 24.3 Å². The average molecular weight is 471 g/mol. The summed E-state index contributed by atoms with van der Waals surface area (Å²) in [4.78, 5) is 31.7. The molecule has 7 nitrogen and oxygen atoms in total. The van der Waals surface area contributed by atoms with E-state index in [-0.39, 0.29) is 11.9 Å². The number of nitrogens with zero attached hydrogens (tertiary/aromatic N) is 3. The molecule has 0 radical (unpaired) electrons. The van der Waals surface area contributed by atoms with Gasteiger partial charge in [-0.25, -0.2) is 4.79 Å². The van der Waals surface area contributed by atoms with Gasteiger partial charge in [0.15, 0.2) is 0 Å². The van der Waals surface area contributed by atoms with E-state index in [1.807, 2.05) is 24.3 Å². The van der Waals surface area contributed by atoms with Gasteiger partial charge in [-0.2, -0.15) is 0 Å². The van der Waals surface area contributed by atoms with Crippen molar-refractivity contribution in [3.63, 3.8) is 0 Å². The summed E-state index contributed by atoms with van der Waals surface area (Å²) in [5.74, 6) is -0.319. The molecule has 2 aromatic rings. The van der Waals surface area contributed by atoms with E-state index in [9.17, 15) is 9.59 Å². The molecule has 176 valence electrons. The molecule has 0 aromatic heterocycles. The lowest BCUT2D eigenvalue weighted by Crippen LogP contribution is -2.51. The van der Waals surface area contributed by atoms with E-state index < -0.39 is 6.04 Å². The van der Waals surface area contributed by atoms with Gasteiger partial charge in [-0.05, 0) is 54.8 Å². The monoisotopic (exact) mass is 470 g/mol. The molecule has 2 aliphatic rings. The number of halogens is 1. The maximum absolute atomic E-state index is 12.6. The number of anilines is 2. The van der Waals surface area contributed by atoms with Crippen molar-refractivity contribution >= 4 is 34.9 Å². The van der Waals surface area contributed by atoms with E-state index >= 15 is 0 Å². The third-order valence-electron chi connectivity index (χ3n) is 6.37. The molecule has 4 rings (SSSR count). The predicted molar refractivity (Wildman–Crippen MR) is 131 cm³/mol. The fourth-order valence-electron chi connectivity index (χ4n) is 4.57. The van der Waals surface area contributed by atoms with Crippen LogP contribution in [0.4, 0.5) is 11.4 Å². The summed E-state index contributed by atoms with van der Waals surface area (Å²) in [6.45, 7) is 5.26. The van der Waals surface area contributed by atoms with Crippen molar-refractivity contribution < 1.29 is 14.3 Å². The van der Waals surface area contributed by atoms with Gasteiger partial charge in [0.25, 0.3) is 0 Å². The number of nitrogens with one attached hydrogen (secondary N) is 1. The first-order valence-electron chi connectivity index (χ1n) is 11.5. The number of hydrogen-bond donors (Lipinski definition) is 1. The van der Waals surface area contributed by atoms with Crippen LogP contribution < -0.4 is 10.2 Å². The number of ether oxygens (including phenoxy) is 1. The highest BCUT2D eigenvalue weighted by Gasteiger charge is 2.31. The standard InChI is InChI=1S/C25H31ClN4O3/c1-33-25(32)24(19-4-6-20(26)7-5-19)30-16-14-28(15-17-30)18-23(31)27-21-8-10-22(11-9-21)29-12-2-3-13-29/h4-11,24H,2-3,12-18H2,1H3,(H,27,31). The van der Waals surface area contributed by atoms with Crippen molar-refractivity contribution in [2.24, 2.45) is 0 Å². The maximum Gasteiger partial charge on any atom is 0.327 e. The third kappa shape index (κ3) is 6.05. The van der Waals surface area contributed by atoms with Crippen molar-refractivity contribution in [3.05, 3.63) is 59.1 Å². The van der Waals surface area contributed by atoms with Crippen molar-refractivity contribution in [1.29, 1.82) is 0 Å². The number of esters is 1. The Morgan fingerprint density at radius 1 is 0.939 bits per heavy atom. The molecule has 2 aliphatic heterocycles. The molecular formula is C25H31ClN4O3. The second-order valence-electron chi connectivity index (χ2n) is 8.58.